The number of nitrogens with one attached hydrogen (secondary N) is 1. The Morgan fingerprint density at radius 2 is 2.11 bits per heavy atom. The Morgan fingerprint density at radius 3 is 2.72 bits per heavy atom. The van der Waals surface area contributed by atoms with E-state index >= 15 is 0 Å². The lowest BCUT2D eigenvalue weighted by atomic mass is 10.0. The number of nitriles is 1. The third kappa shape index (κ3) is 2.11. The summed E-state index contributed by atoms with van der Waals surface area (Å²) in [4.78, 5) is 14.6. The minimum absolute atomic E-state index is 0.306. The van der Waals surface area contributed by atoms with Gasteiger partial charge in [0.05, 0.1) is 12.2 Å². The number of nitrogens with zero attached hydrogens (tertiary/aromatic N) is 1. The Balaban J connectivity index is 2.54. The average molecular weight is 240 g/mol. The van der Waals surface area contributed by atoms with Crippen molar-refractivity contribution in [2.75, 3.05) is 6.61 Å². The van der Waals surface area contributed by atoms with Crippen molar-refractivity contribution in [3.8, 4) is 17.2 Å². The number of aromatic nitrogens is 1. The normalized spacial score (nSPS) is 9.78. The van der Waals surface area contributed by atoms with Crippen molar-refractivity contribution >= 4 is 5.97 Å². The molecule has 0 unspecified atom stereocenters. The summed E-state index contributed by atoms with van der Waals surface area (Å²) >= 11 is 0. The van der Waals surface area contributed by atoms with Crippen LogP contribution >= 0.6 is 0 Å². The lowest BCUT2D eigenvalue weighted by Crippen LogP contribution is -2.04. The second-order valence-electron chi connectivity index (χ2n) is 3.65. The summed E-state index contributed by atoms with van der Waals surface area (Å²) < 4.78 is 4.98. The summed E-state index contributed by atoms with van der Waals surface area (Å²) in [6.45, 7) is 2.05. The Hall–Kier alpha value is -2.54. The van der Waals surface area contributed by atoms with Crippen molar-refractivity contribution in [3.63, 3.8) is 0 Å². The van der Waals surface area contributed by atoms with Gasteiger partial charge in [-0.3, -0.25) is 0 Å². The number of carbonyl (C=O) groups is 1. The first-order valence-corrected chi connectivity index (χ1v) is 5.62. The molecular weight excluding hydrogens is 228 g/mol. The summed E-state index contributed by atoms with van der Waals surface area (Å²) in [5, 5.41) is 9.07. The van der Waals surface area contributed by atoms with E-state index in [0.29, 0.717) is 23.4 Å². The third-order valence-electron chi connectivity index (χ3n) is 2.55. The molecule has 0 aliphatic rings. The summed E-state index contributed by atoms with van der Waals surface area (Å²) in [6, 6.07) is 11.4. The zero-order valence-corrected chi connectivity index (χ0v) is 9.93. The summed E-state index contributed by atoms with van der Waals surface area (Å²) in [5.41, 5.74) is 2.17. The first-order chi connectivity index (χ1) is 8.77. The molecule has 0 atom stereocenters. The second kappa shape index (κ2) is 5.19. The standard InChI is InChI=1S/C14H12N2O2/c1-2-18-14(17)11-9-16-12(8-15)13(11)10-6-4-3-5-7-10/h3-7,9,16H,2H2,1H3. The number of benzene rings is 1. The van der Waals surface area contributed by atoms with Crippen molar-refractivity contribution < 1.29 is 9.53 Å². The van der Waals surface area contributed by atoms with E-state index < -0.39 is 5.97 Å². The van der Waals surface area contributed by atoms with Crippen LogP contribution in [0.4, 0.5) is 0 Å². The van der Waals surface area contributed by atoms with Crippen LogP contribution in [-0.4, -0.2) is 17.6 Å². The number of carbonyl (C=O) groups excluding carboxylic acids is 1. The van der Waals surface area contributed by atoms with E-state index in [2.05, 4.69) is 4.98 Å². The maximum Gasteiger partial charge on any atom is 0.340 e. The van der Waals surface area contributed by atoms with Gasteiger partial charge < -0.3 is 9.72 Å². The lowest BCUT2D eigenvalue weighted by molar-refractivity contribution is 0.0527. The van der Waals surface area contributed by atoms with E-state index in [9.17, 15) is 4.79 Å². The highest BCUT2D eigenvalue weighted by atomic mass is 16.5. The van der Waals surface area contributed by atoms with Crippen LogP contribution in [0.2, 0.25) is 0 Å². The molecule has 0 saturated heterocycles. The van der Waals surface area contributed by atoms with E-state index in [0.717, 1.165) is 5.56 Å². The second-order valence-corrected chi connectivity index (χ2v) is 3.65. The van der Waals surface area contributed by atoms with Gasteiger partial charge in [-0.05, 0) is 12.5 Å². The highest BCUT2D eigenvalue weighted by Crippen LogP contribution is 2.27. The number of H-pyrrole nitrogens is 1. The van der Waals surface area contributed by atoms with Gasteiger partial charge in [-0.25, -0.2) is 4.79 Å². The van der Waals surface area contributed by atoms with E-state index in [1.807, 2.05) is 36.4 Å². The molecule has 0 fully saturated rings. The van der Waals surface area contributed by atoms with Gasteiger partial charge in [-0.2, -0.15) is 5.26 Å². The molecule has 0 spiro atoms. The first kappa shape index (κ1) is 11.9. The molecular formula is C14H12N2O2. The van der Waals surface area contributed by atoms with Gasteiger partial charge in [0, 0.05) is 11.8 Å². The smallest absolute Gasteiger partial charge is 0.340 e. The van der Waals surface area contributed by atoms with Crippen LogP contribution in [0.1, 0.15) is 23.0 Å². The highest BCUT2D eigenvalue weighted by Gasteiger charge is 2.19. The summed E-state index contributed by atoms with van der Waals surface area (Å²) in [7, 11) is 0. The molecule has 0 saturated carbocycles. The number of hydrogen-bond acceptors (Lipinski definition) is 3. The molecule has 0 aliphatic heterocycles. The van der Waals surface area contributed by atoms with Crippen LogP contribution in [-0.2, 0) is 4.74 Å². The summed E-state index contributed by atoms with van der Waals surface area (Å²) in [6.07, 6.45) is 1.51. The van der Waals surface area contributed by atoms with Crippen LogP contribution < -0.4 is 0 Å². The van der Waals surface area contributed by atoms with Gasteiger partial charge in [0.15, 0.2) is 0 Å². The highest BCUT2D eigenvalue weighted by molar-refractivity contribution is 5.98. The quantitative estimate of drug-likeness (QED) is 0.839. The predicted molar refractivity (Wildman–Crippen MR) is 66.9 cm³/mol. The third-order valence-corrected chi connectivity index (χ3v) is 2.55. The van der Waals surface area contributed by atoms with Crippen molar-refractivity contribution in [1.29, 1.82) is 5.26 Å². The number of hydrogen-bond donors (Lipinski definition) is 1. The number of aromatic amines is 1. The molecule has 2 aromatic rings. The van der Waals surface area contributed by atoms with Crippen LogP contribution in [0, 0.1) is 11.3 Å². The number of esters is 1. The molecule has 1 aromatic carbocycles. The van der Waals surface area contributed by atoms with Gasteiger partial charge in [0.25, 0.3) is 0 Å². The SMILES string of the molecule is CCOC(=O)c1c[nH]c(C#N)c1-c1ccccc1. The van der Waals surface area contributed by atoms with Crippen LogP contribution in [0.25, 0.3) is 11.1 Å². The van der Waals surface area contributed by atoms with Gasteiger partial charge in [-0.1, -0.05) is 30.3 Å². The topological polar surface area (TPSA) is 65.9 Å². The molecule has 1 N–H and O–H groups in total. The number of ether oxygens (including phenoxy) is 1. The molecule has 4 nitrogen and oxygen atoms in total. The largest absolute Gasteiger partial charge is 0.462 e. The lowest BCUT2D eigenvalue weighted by Gasteiger charge is -2.04. The molecule has 90 valence electrons. The van der Waals surface area contributed by atoms with Gasteiger partial charge in [0.1, 0.15) is 11.8 Å². The Labute approximate surface area is 105 Å². The maximum atomic E-state index is 11.8. The first-order valence-electron chi connectivity index (χ1n) is 5.62. The number of rotatable bonds is 3. The van der Waals surface area contributed by atoms with Gasteiger partial charge in [0.2, 0.25) is 0 Å². The fourth-order valence-corrected chi connectivity index (χ4v) is 1.79. The zero-order chi connectivity index (χ0) is 13.0. The Kier molecular flexibility index (Phi) is 3.44. The molecule has 1 aromatic heterocycles. The molecule has 0 radical (unpaired) electrons. The summed E-state index contributed by atoms with van der Waals surface area (Å²) in [5.74, 6) is -0.422. The fourth-order valence-electron chi connectivity index (χ4n) is 1.79. The van der Waals surface area contributed by atoms with Crippen LogP contribution in [0.3, 0.4) is 0 Å². The van der Waals surface area contributed by atoms with E-state index in [-0.39, 0.29) is 0 Å². The van der Waals surface area contributed by atoms with Gasteiger partial charge >= 0.3 is 5.97 Å². The molecule has 0 amide bonds. The molecule has 18 heavy (non-hydrogen) atoms. The Morgan fingerprint density at radius 1 is 1.39 bits per heavy atom. The maximum absolute atomic E-state index is 11.8. The molecule has 0 bridgehead atoms. The van der Waals surface area contributed by atoms with Crippen molar-refractivity contribution in [3.05, 3.63) is 47.8 Å². The van der Waals surface area contributed by atoms with Crippen LogP contribution in [0.5, 0.6) is 0 Å². The average Bonchev–Trinajstić information content (AvgIpc) is 2.83. The van der Waals surface area contributed by atoms with E-state index in [4.69, 9.17) is 10.00 Å². The van der Waals surface area contributed by atoms with E-state index in [1.54, 1.807) is 6.92 Å². The molecule has 1 heterocycles. The van der Waals surface area contributed by atoms with Gasteiger partial charge in [-0.15, -0.1) is 0 Å². The molecule has 2 rings (SSSR count). The molecule has 0 aliphatic carbocycles. The Bertz CT molecular complexity index is 594. The zero-order valence-electron chi connectivity index (χ0n) is 9.93. The monoisotopic (exact) mass is 240 g/mol. The van der Waals surface area contributed by atoms with Crippen molar-refractivity contribution in [1.82, 2.24) is 4.98 Å². The fraction of sp³-hybridized carbons (Fsp3) is 0.143. The minimum Gasteiger partial charge on any atom is -0.462 e. The minimum atomic E-state index is -0.422. The van der Waals surface area contributed by atoms with E-state index in [1.165, 1.54) is 6.20 Å². The predicted octanol–water partition coefficient (Wildman–Crippen LogP) is 2.73. The van der Waals surface area contributed by atoms with Crippen LogP contribution in [0.15, 0.2) is 36.5 Å². The molecule has 4 heteroatoms. The van der Waals surface area contributed by atoms with Crippen molar-refractivity contribution in [2.45, 2.75) is 6.92 Å². The van der Waals surface area contributed by atoms with Crippen molar-refractivity contribution in [2.24, 2.45) is 0 Å².